The maximum Gasteiger partial charge on any atom is 0.573 e. The molecule has 13 heteroatoms. The maximum absolute atomic E-state index is 13.6. The predicted molar refractivity (Wildman–Crippen MR) is 104 cm³/mol. The number of nitrogens with one attached hydrogen (secondary N) is 2. The molecule has 0 aliphatic rings. The Balaban J connectivity index is 1.44. The normalized spacial score (nSPS) is 11.1. The number of thioether (sulfide) groups is 1. The highest BCUT2D eigenvalue weighted by atomic mass is 32.2. The van der Waals surface area contributed by atoms with Gasteiger partial charge in [-0.2, -0.15) is 0 Å². The van der Waals surface area contributed by atoms with Crippen LogP contribution in [0.1, 0.15) is 16.2 Å². The van der Waals surface area contributed by atoms with Gasteiger partial charge >= 0.3 is 6.36 Å². The van der Waals surface area contributed by atoms with E-state index in [2.05, 4.69) is 25.6 Å². The van der Waals surface area contributed by atoms with Crippen molar-refractivity contribution in [3.05, 3.63) is 65.8 Å². The van der Waals surface area contributed by atoms with Gasteiger partial charge in [0.1, 0.15) is 11.6 Å². The van der Waals surface area contributed by atoms with Crippen LogP contribution in [-0.2, 0) is 11.3 Å². The summed E-state index contributed by atoms with van der Waals surface area (Å²) in [6.07, 6.45) is -4.80. The number of benzene rings is 2. The van der Waals surface area contributed by atoms with Gasteiger partial charge in [-0.05, 0) is 36.4 Å². The van der Waals surface area contributed by atoms with Crippen LogP contribution in [0.5, 0.6) is 5.75 Å². The van der Waals surface area contributed by atoms with E-state index in [9.17, 15) is 27.2 Å². The van der Waals surface area contributed by atoms with Gasteiger partial charge in [0.2, 0.25) is 11.8 Å². The maximum atomic E-state index is 13.6. The third-order valence-corrected chi connectivity index (χ3v) is 4.48. The highest BCUT2D eigenvalue weighted by Gasteiger charge is 2.31. The second kappa shape index (κ2) is 10.1. The molecule has 2 amide bonds. The number of rotatable bonds is 8. The Hall–Kier alpha value is -3.61. The molecule has 0 radical (unpaired) electrons. The standard InChI is InChI=1S/C19H14F4N4O4S/c20-14-4-2-1-3-13(14)17(29)24-9-16-26-27-18(30-16)32-10-15(28)25-11-5-7-12(8-6-11)31-19(21,22)23/h1-8H,9-10H2,(H,24,29)(H,25,28). The molecule has 1 heterocycles. The summed E-state index contributed by atoms with van der Waals surface area (Å²) in [5, 5.41) is 12.4. The van der Waals surface area contributed by atoms with Crippen LogP contribution >= 0.6 is 11.8 Å². The minimum atomic E-state index is -4.80. The Morgan fingerprint density at radius 1 is 1.06 bits per heavy atom. The number of nitrogens with zero attached hydrogens (tertiary/aromatic N) is 2. The lowest BCUT2D eigenvalue weighted by atomic mass is 10.2. The van der Waals surface area contributed by atoms with Gasteiger partial charge in [0.15, 0.2) is 0 Å². The summed E-state index contributed by atoms with van der Waals surface area (Å²) < 4.78 is 59.1. The van der Waals surface area contributed by atoms with Gasteiger partial charge in [-0.3, -0.25) is 9.59 Å². The summed E-state index contributed by atoms with van der Waals surface area (Å²) in [5.41, 5.74) is 0.142. The zero-order valence-electron chi connectivity index (χ0n) is 16.0. The van der Waals surface area contributed by atoms with E-state index in [0.717, 1.165) is 30.0 Å². The van der Waals surface area contributed by atoms with E-state index in [-0.39, 0.29) is 34.7 Å². The third-order valence-electron chi connectivity index (χ3n) is 3.67. The number of hydrogen-bond donors (Lipinski definition) is 2. The van der Waals surface area contributed by atoms with Crippen LogP contribution in [0, 0.1) is 5.82 Å². The minimum Gasteiger partial charge on any atom is -0.414 e. The van der Waals surface area contributed by atoms with Crippen molar-refractivity contribution in [1.82, 2.24) is 15.5 Å². The Bertz CT molecular complexity index is 1090. The van der Waals surface area contributed by atoms with Gasteiger partial charge in [-0.15, -0.1) is 23.4 Å². The quantitative estimate of drug-likeness (QED) is 0.381. The van der Waals surface area contributed by atoms with Crippen LogP contribution in [0.4, 0.5) is 23.2 Å². The Morgan fingerprint density at radius 3 is 2.47 bits per heavy atom. The number of hydrogen-bond acceptors (Lipinski definition) is 7. The fourth-order valence-corrected chi connectivity index (χ4v) is 2.91. The van der Waals surface area contributed by atoms with Crippen molar-refractivity contribution < 1.29 is 36.3 Å². The molecule has 2 aromatic carbocycles. The number of halogens is 4. The summed E-state index contributed by atoms with van der Waals surface area (Å²) >= 11 is 0.914. The first-order valence-electron chi connectivity index (χ1n) is 8.83. The SMILES string of the molecule is O=C(CSc1nnc(CNC(=O)c2ccccc2F)o1)Nc1ccc(OC(F)(F)F)cc1. The van der Waals surface area contributed by atoms with E-state index in [1.807, 2.05) is 0 Å². The predicted octanol–water partition coefficient (Wildman–Crippen LogP) is 3.77. The average Bonchev–Trinajstić information content (AvgIpc) is 3.19. The lowest BCUT2D eigenvalue weighted by Crippen LogP contribution is -2.23. The number of amides is 2. The highest BCUT2D eigenvalue weighted by molar-refractivity contribution is 7.99. The number of carbonyl (C=O) groups excluding carboxylic acids is 2. The molecule has 0 unspecified atom stereocenters. The Kier molecular flexibility index (Phi) is 7.30. The van der Waals surface area contributed by atoms with Crippen molar-refractivity contribution in [2.24, 2.45) is 0 Å². The minimum absolute atomic E-state index is 0.0536. The second-order valence-electron chi connectivity index (χ2n) is 6.03. The lowest BCUT2D eigenvalue weighted by molar-refractivity contribution is -0.274. The second-order valence-corrected chi connectivity index (χ2v) is 6.96. The van der Waals surface area contributed by atoms with Crippen LogP contribution in [0.3, 0.4) is 0 Å². The average molecular weight is 470 g/mol. The Morgan fingerprint density at radius 2 is 1.78 bits per heavy atom. The molecule has 0 fully saturated rings. The summed E-state index contributed by atoms with van der Waals surface area (Å²) in [4.78, 5) is 23.9. The molecule has 0 bridgehead atoms. The Labute approximate surface area is 182 Å². The van der Waals surface area contributed by atoms with Crippen LogP contribution in [-0.4, -0.2) is 34.1 Å². The van der Waals surface area contributed by atoms with Crippen LogP contribution in [0.15, 0.2) is 58.2 Å². The molecule has 1 aromatic heterocycles. The van der Waals surface area contributed by atoms with Crippen molar-refractivity contribution in [1.29, 1.82) is 0 Å². The first-order chi connectivity index (χ1) is 15.2. The van der Waals surface area contributed by atoms with E-state index in [1.54, 1.807) is 0 Å². The molecule has 32 heavy (non-hydrogen) atoms. The fraction of sp³-hybridized carbons (Fsp3) is 0.158. The van der Waals surface area contributed by atoms with E-state index in [0.29, 0.717) is 0 Å². The highest BCUT2D eigenvalue weighted by Crippen LogP contribution is 2.24. The smallest absolute Gasteiger partial charge is 0.414 e. The first kappa shape index (κ1) is 23.1. The van der Waals surface area contributed by atoms with Gasteiger partial charge in [-0.1, -0.05) is 23.9 Å². The molecule has 0 saturated carbocycles. The largest absolute Gasteiger partial charge is 0.573 e. The zero-order valence-corrected chi connectivity index (χ0v) is 16.8. The molecular weight excluding hydrogens is 456 g/mol. The van der Waals surface area contributed by atoms with Crippen molar-refractivity contribution in [3.8, 4) is 5.75 Å². The summed E-state index contributed by atoms with van der Waals surface area (Å²) in [6, 6.07) is 10.1. The molecule has 0 spiro atoms. The number of alkyl halides is 3. The van der Waals surface area contributed by atoms with Crippen LogP contribution in [0.2, 0.25) is 0 Å². The van der Waals surface area contributed by atoms with Crippen molar-refractivity contribution in [2.75, 3.05) is 11.1 Å². The summed E-state index contributed by atoms with van der Waals surface area (Å²) in [6.45, 7) is -0.140. The number of ether oxygens (including phenoxy) is 1. The number of aromatic nitrogens is 2. The topological polar surface area (TPSA) is 106 Å². The van der Waals surface area contributed by atoms with Gasteiger partial charge < -0.3 is 19.8 Å². The monoisotopic (exact) mass is 470 g/mol. The van der Waals surface area contributed by atoms with Crippen molar-refractivity contribution in [2.45, 2.75) is 18.1 Å². The van der Waals surface area contributed by atoms with Crippen molar-refractivity contribution >= 4 is 29.3 Å². The summed E-state index contributed by atoms with van der Waals surface area (Å²) in [7, 11) is 0. The lowest BCUT2D eigenvalue weighted by Gasteiger charge is -2.09. The molecule has 3 rings (SSSR count). The van der Waals surface area contributed by atoms with Gasteiger partial charge in [0, 0.05) is 5.69 Å². The molecular formula is C19H14F4N4O4S. The van der Waals surface area contributed by atoms with E-state index < -0.39 is 29.7 Å². The molecule has 2 N–H and O–H groups in total. The van der Waals surface area contributed by atoms with Gasteiger partial charge in [-0.25, -0.2) is 4.39 Å². The molecule has 168 valence electrons. The molecule has 0 atom stereocenters. The molecule has 0 aliphatic carbocycles. The molecule has 0 saturated heterocycles. The fourth-order valence-electron chi connectivity index (χ4n) is 2.33. The third kappa shape index (κ3) is 6.97. The van der Waals surface area contributed by atoms with E-state index in [4.69, 9.17) is 4.42 Å². The molecule has 8 nitrogen and oxygen atoms in total. The van der Waals surface area contributed by atoms with E-state index in [1.165, 1.54) is 30.3 Å². The zero-order chi connectivity index (χ0) is 23.1. The molecule has 3 aromatic rings. The van der Waals surface area contributed by atoms with Crippen LogP contribution in [0.25, 0.3) is 0 Å². The summed E-state index contributed by atoms with van der Waals surface area (Å²) in [5.74, 6) is -2.26. The molecule has 0 aliphatic heterocycles. The number of carbonyl (C=O) groups is 2. The number of anilines is 1. The van der Waals surface area contributed by atoms with Gasteiger partial charge in [0.25, 0.3) is 11.1 Å². The van der Waals surface area contributed by atoms with Crippen LogP contribution < -0.4 is 15.4 Å². The van der Waals surface area contributed by atoms with Crippen molar-refractivity contribution in [3.63, 3.8) is 0 Å². The van der Waals surface area contributed by atoms with E-state index >= 15 is 0 Å². The van der Waals surface area contributed by atoms with Gasteiger partial charge in [0.05, 0.1) is 17.9 Å². The first-order valence-corrected chi connectivity index (χ1v) is 9.82.